The van der Waals surface area contributed by atoms with Crippen molar-refractivity contribution in [2.45, 2.75) is 12.4 Å². The summed E-state index contributed by atoms with van der Waals surface area (Å²) in [6.45, 7) is 0. The first-order valence-electron chi connectivity index (χ1n) is 8.23. The molecule has 0 radical (unpaired) electrons. The Morgan fingerprint density at radius 3 is 2.30 bits per heavy atom. The van der Waals surface area contributed by atoms with Gasteiger partial charge in [-0.3, -0.25) is 9.48 Å². The van der Waals surface area contributed by atoms with Crippen molar-refractivity contribution in [1.82, 2.24) is 14.8 Å². The number of nitrogen functional groups attached to an aromatic ring is 1. The molecule has 3 aromatic rings. The molecule has 0 saturated carbocycles. The van der Waals surface area contributed by atoms with Crippen LogP contribution in [0.3, 0.4) is 0 Å². The van der Waals surface area contributed by atoms with Crippen molar-refractivity contribution < 1.29 is 31.1 Å². The SMILES string of the molecule is Cn1nc(C(F)(F)F)cc1-c1ccc(NC(=O)c2cccc(C(F)(F)F)c2)nc1N. The number of hydrogen-bond acceptors (Lipinski definition) is 4. The van der Waals surface area contributed by atoms with Crippen molar-refractivity contribution in [3.05, 3.63) is 59.3 Å². The number of pyridine rings is 1. The van der Waals surface area contributed by atoms with E-state index in [-0.39, 0.29) is 28.5 Å². The molecule has 0 aliphatic carbocycles. The number of nitrogens with one attached hydrogen (secondary N) is 1. The number of rotatable bonds is 3. The standard InChI is InChI=1S/C18H13F6N5O/c1-29-12(8-13(28-29)18(22,23)24)11-5-6-14(26-15(11)25)27-16(30)9-3-2-4-10(7-9)17(19,20)21/h2-8H,1H3,(H3,25,26,27,30). The van der Waals surface area contributed by atoms with Crippen LogP contribution in [0.25, 0.3) is 11.3 Å². The number of anilines is 2. The molecule has 0 atom stereocenters. The van der Waals surface area contributed by atoms with E-state index in [9.17, 15) is 31.1 Å². The Bertz CT molecular complexity index is 1100. The predicted molar refractivity (Wildman–Crippen MR) is 95.3 cm³/mol. The van der Waals surface area contributed by atoms with Gasteiger partial charge in [0.25, 0.3) is 5.91 Å². The highest BCUT2D eigenvalue weighted by atomic mass is 19.4. The molecular weight excluding hydrogens is 416 g/mol. The van der Waals surface area contributed by atoms with Crippen LogP contribution in [0, 0.1) is 0 Å². The second-order valence-corrected chi connectivity index (χ2v) is 6.20. The molecule has 6 nitrogen and oxygen atoms in total. The minimum Gasteiger partial charge on any atom is -0.383 e. The average molecular weight is 429 g/mol. The van der Waals surface area contributed by atoms with E-state index >= 15 is 0 Å². The highest BCUT2D eigenvalue weighted by Crippen LogP contribution is 2.33. The smallest absolute Gasteiger partial charge is 0.383 e. The number of nitrogens with zero attached hydrogens (tertiary/aromatic N) is 3. The van der Waals surface area contributed by atoms with Crippen LogP contribution in [0.2, 0.25) is 0 Å². The monoisotopic (exact) mass is 429 g/mol. The first-order chi connectivity index (χ1) is 13.9. The number of alkyl halides is 6. The molecule has 3 rings (SSSR count). The minimum absolute atomic E-state index is 0.0445. The average Bonchev–Trinajstić information content (AvgIpc) is 3.03. The molecule has 0 aliphatic rings. The lowest BCUT2D eigenvalue weighted by molar-refractivity contribution is -0.141. The topological polar surface area (TPSA) is 85.8 Å². The Balaban J connectivity index is 1.85. The van der Waals surface area contributed by atoms with Crippen molar-refractivity contribution in [2.24, 2.45) is 7.05 Å². The highest BCUT2D eigenvalue weighted by Gasteiger charge is 2.35. The van der Waals surface area contributed by atoms with Crippen LogP contribution in [0.4, 0.5) is 38.0 Å². The number of carbonyl (C=O) groups excluding carboxylic acids is 1. The lowest BCUT2D eigenvalue weighted by Gasteiger charge is -2.10. The molecule has 0 bridgehead atoms. The molecule has 1 amide bonds. The van der Waals surface area contributed by atoms with Gasteiger partial charge in [0.15, 0.2) is 5.69 Å². The fraction of sp³-hybridized carbons (Fsp3) is 0.167. The van der Waals surface area contributed by atoms with Crippen molar-refractivity contribution in [2.75, 3.05) is 11.1 Å². The first-order valence-corrected chi connectivity index (χ1v) is 8.23. The maximum atomic E-state index is 12.8. The van der Waals surface area contributed by atoms with E-state index in [1.54, 1.807) is 0 Å². The Morgan fingerprint density at radius 2 is 1.73 bits per heavy atom. The Morgan fingerprint density at radius 1 is 1.03 bits per heavy atom. The van der Waals surface area contributed by atoms with Crippen LogP contribution in [-0.2, 0) is 19.4 Å². The van der Waals surface area contributed by atoms with Crippen LogP contribution in [-0.4, -0.2) is 20.7 Å². The third-order valence-electron chi connectivity index (χ3n) is 4.06. The number of benzene rings is 1. The van der Waals surface area contributed by atoms with Crippen molar-refractivity contribution >= 4 is 17.5 Å². The number of nitrogens with two attached hydrogens (primary N) is 1. The van der Waals surface area contributed by atoms with Gasteiger partial charge in [-0.25, -0.2) is 4.98 Å². The lowest BCUT2D eigenvalue weighted by atomic mass is 10.1. The summed E-state index contributed by atoms with van der Waals surface area (Å²) in [5.41, 5.74) is 3.63. The molecule has 3 N–H and O–H groups in total. The molecule has 2 heterocycles. The van der Waals surface area contributed by atoms with Gasteiger partial charge in [0, 0.05) is 18.2 Å². The molecule has 0 saturated heterocycles. The van der Waals surface area contributed by atoms with Crippen molar-refractivity contribution in [1.29, 1.82) is 0 Å². The molecule has 0 unspecified atom stereocenters. The van der Waals surface area contributed by atoms with E-state index < -0.39 is 29.5 Å². The van der Waals surface area contributed by atoms with Crippen LogP contribution in [0.5, 0.6) is 0 Å². The number of hydrogen-bond donors (Lipinski definition) is 2. The molecule has 0 fully saturated rings. The molecule has 2 aromatic heterocycles. The third kappa shape index (κ3) is 4.36. The molecule has 1 aromatic carbocycles. The van der Waals surface area contributed by atoms with Crippen LogP contribution in [0.1, 0.15) is 21.6 Å². The number of amides is 1. The summed E-state index contributed by atoms with van der Waals surface area (Å²) in [6, 6.07) is 7.17. The van der Waals surface area contributed by atoms with E-state index in [0.29, 0.717) is 6.07 Å². The molecule has 12 heteroatoms. The van der Waals surface area contributed by atoms with Gasteiger partial charge in [-0.15, -0.1) is 0 Å². The Hall–Kier alpha value is -3.57. The van der Waals surface area contributed by atoms with Gasteiger partial charge in [-0.05, 0) is 36.4 Å². The zero-order chi connectivity index (χ0) is 22.3. The summed E-state index contributed by atoms with van der Waals surface area (Å²) < 4.78 is 77.8. The summed E-state index contributed by atoms with van der Waals surface area (Å²) in [7, 11) is 1.30. The van der Waals surface area contributed by atoms with Gasteiger partial charge >= 0.3 is 12.4 Å². The molecule has 30 heavy (non-hydrogen) atoms. The summed E-state index contributed by atoms with van der Waals surface area (Å²) in [5.74, 6) is -1.15. The van der Waals surface area contributed by atoms with Crippen LogP contribution in [0.15, 0.2) is 42.5 Å². The lowest BCUT2D eigenvalue weighted by Crippen LogP contribution is -2.15. The highest BCUT2D eigenvalue weighted by molar-refractivity contribution is 6.04. The zero-order valence-electron chi connectivity index (χ0n) is 15.1. The van der Waals surface area contributed by atoms with Crippen LogP contribution >= 0.6 is 0 Å². The van der Waals surface area contributed by atoms with Crippen molar-refractivity contribution in [3.8, 4) is 11.3 Å². The van der Waals surface area contributed by atoms with E-state index in [0.717, 1.165) is 22.9 Å². The summed E-state index contributed by atoms with van der Waals surface area (Å²) in [6.07, 6.45) is -9.25. The van der Waals surface area contributed by atoms with Gasteiger partial charge in [0.05, 0.1) is 11.3 Å². The fourth-order valence-electron chi connectivity index (χ4n) is 2.64. The van der Waals surface area contributed by atoms with Gasteiger partial charge in [-0.1, -0.05) is 6.07 Å². The number of halogens is 6. The maximum Gasteiger partial charge on any atom is 0.435 e. The summed E-state index contributed by atoms with van der Waals surface area (Å²) in [4.78, 5) is 16.1. The second kappa shape index (κ2) is 7.35. The number of aryl methyl sites for hydroxylation is 1. The predicted octanol–water partition coefficient (Wildman–Crippen LogP) is 4.35. The van der Waals surface area contributed by atoms with Gasteiger partial charge in [0.1, 0.15) is 11.6 Å². The second-order valence-electron chi connectivity index (χ2n) is 6.20. The Kier molecular flexibility index (Phi) is 5.18. The van der Waals surface area contributed by atoms with E-state index in [1.165, 1.54) is 25.2 Å². The fourth-order valence-corrected chi connectivity index (χ4v) is 2.64. The largest absolute Gasteiger partial charge is 0.435 e. The van der Waals surface area contributed by atoms with Gasteiger partial charge in [0.2, 0.25) is 0 Å². The summed E-state index contributed by atoms with van der Waals surface area (Å²) >= 11 is 0. The van der Waals surface area contributed by atoms with Gasteiger partial charge < -0.3 is 11.1 Å². The molecule has 158 valence electrons. The van der Waals surface area contributed by atoms with E-state index in [4.69, 9.17) is 5.73 Å². The van der Waals surface area contributed by atoms with Crippen molar-refractivity contribution in [3.63, 3.8) is 0 Å². The maximum absolute atomic E-state index is 12.8. The number of carbonyl (C=O) groups is 1. The zero-order valence-corrected chi connectivity index (χ0v) is 15.1. The van der Waals surface area contributed by atoms with Crippen LogP contribution < -0.4 is 11.1 Å². The van der Waals surface area contributed by atoms with E-state index in [2.05, 4.69) is 15.4 Å². The Labute approximate surface area is 165 Å². The molecule has 0 aliphatic heterocycles. The van der Waals surface area contributed by atoms with E-state index in [1.807, 2.05) is 0 Å². The molecule has 0 spiro atoms. The molecular formula is C18H13F6N5O. The minimum atomic E-state index is -4.64. The first kappa shape index (κ1) is 21.1. The third-order valence-corrected chi connectivity index (χ3v) is 4.06. The number of aromatic nitrogens is 3. The summed E-state index contributed by atoms with van der Waals surface area (Å²) in [5, 5.41) is 5.69. The quantitative estimate of drug-likeness (QED) is 0.606. The van der Waals surface area contributed by atoms with Gasteiger partial charge in [-0.2, -0.15) is 31.4 Å². The normalized spacial score (nSPS) is 12.1.